The third kappa shape index (κ3) is 4.10. The quantitative estimate of drug-likeness (QED) is 0.585. The number of nitrogens with zero attached hydrogens (tertiary/aromatic N) is 7. The standard InChI is InChI=1S/C23H28N8O/c1-3-10-29-14-19-22(30(16-29)11-4-2)27-21(25-19)18-12-24-31(13-18)15-20-26-23(32-28-20)17-8-6-5-7-9-17/h5-9,12-14,21,25H,3-4,10-11,15-16H2,1-2H3. The van der Waals surface area contributed by atoms with Crippen molar-refractivity contribution in [3.63, 3.8) is 0 Å². The zero-order chi connectivity index (χ0) is 21.9. The number of fused-ring (bicyclic) bond motifs is 1. The van der Waals surface area contributed by atoms with Crippen LogP contribution in [0, 0.1) is 0 Å². The molecule has 0 amide bonds. The Morgan fingerprint density at radius 3 is 2.78 bits per heavy atom. The van der Waals surface area contributed by atoms with Crippen LogP contribution in [0.2, 0.25) is 0 Å². The highest BCUT2D eigenvalue weighted by atomic mass is 16.5. The molecule has 0 bridgehead atoms. The summed E-state index contributed by atoms with van der Waals surface area (Å²) in [4.78, 5) is 14.2. The SMILES string of the molecule is CCCN1C=C2NC(c3cnn(Cc4noc(-c5ccccc5)n4)c3)N=C2N(CCC)C1. The number of aliphatic imine (C=N–C) groups is 1. The van der Waals surface area contributed by atoms with Crippen LogP contribution in [0.15, 0.2) is 64.1 Å². The summed E-state index contributed by atoms with van der Waals surface area (Å²) in [5, 5.41) is 12.2. The van der Waals surface area contributed by atoms with E-state index >= 15 is 0 Å². The lowest BCUT2D eigenvalue weighted by molar-refractivity contribution is 0.235. The van der Waals surface area contributed by atoms with E-state index in [1.54, 1.807) is 0 Å². The second-order valence-electron chi connectivity index (χ2n) is 8.11. The number of nitrogens with one attached hydrogen (secondary N) is 1. The number of aromatic nitrogens is 4. The van der Waals surface area contributed by atoms with Crippen LogP contribution < -0.4 is 5.32 Å². The number of hydrogen-bond acceptors (Lipinski definition) is 8. The summed E-state index contributed by atoms with van der Waals surface area (Å²) in [6, 6.07) is 9.76. The average Bonchev–Trinajstić information content (AvgIpc) is 3.55. The van der Waals surface area contributed by atoms with Gasteiger partial charge in [-0.2, -0.15) is 10.1 Å². The van der Waals surface area contributed by atoms with Crippen LogP contribution in [-0.4, -0.2) is 55.3 Å². The van der Waals surface area contributed by atoms with Gasteiger partial charge in [-0.15, -0.1) is 0 Å². The smallest absolute Gasteiger partial charge is 0.257 e. The van der Waals surface area contributed by atoms with Crippen LogP contribution in [0.3, 0.4) is 0 Å². The van der Waals surface area contributed by atoms with Gasteiger partial charge in [-0.3, -0.25) is 4.68 Å². The van der Waals surface area contributed by atoms with Gasteiger partial charge in [0.15, 0.2) is 11.7 Å². The van der Waals surface area contributed by atoms with Crippen LogP contribution in [0.5, 0.6) is 0 Å². The van der Waals surface area contributed by atoms with Gasteiger partial charge in [0.1, 0.15) is 12.7 Å². The first kappa shape index (κ1) is 20.3. The molecular weight excluding hydrogens is 404 g/mol. The molecule has 166 valence electrons. The molecule has 0 aliphatic carbocycles. The molecule has 4 heterocycles. The van der Waals surface area contributed by atoms with Gasteiger partial charge in [-0.05, 0) is 25.0 Å². The fraction of sp³-hybridized carbons (Fsp3) is 0.391. The summed E-state index contributed by atoms with van der Waals surface area (Å²) >= 11 is 0. The van der Waals surface area contributed by atoms with E-state index in [4.69, 9.17) is 9.52 Å². The van der Waals surface area contributed by atoms with Gasteiger partial charge >= 0.3 is 0 Å². The van der Waals surface area contributed by atoms with E-state index < -0.39 is 0 Å². The molecule has 0 saturated carbocycles. The molecule has 9 heteroatoms. The van der Waals surface area contributed by atoms with Gasteiger partial charge in [-0.1, -0.05) is 37.2 Å². The van der Waals surface area contributed by atoms with E-state index in [2.05, 4.69) is 50.4 Å². The van der Waals surface area contributed by atoms with Crippen molar-refractivity contribution in [1.29, 1.82) is 0 Å². The molecular formula is C23H28N8O. The molecule has 2 aromatic heterocycles. The number of amidine groups is 1. The highest BCUT2D eigenvalue weighted by Gasteiger charge is 2.31. The predicted octanol–water partition coefficient (Wildman–Crippen LogP) is 3.22. The second-order valence-corrected chi connectivity index (χ2v) is 8.11. The van der Waals surface area contributed by atoms with E-state index in [1.165, 1.54) is 0 Å². The predicted molar refractivity (Wildman–Crippen MR) is 121 cm³/mol. The van der Waals surface area contributed by atoms with E-state index in [0.29, 0.717) is 18.3 Å². The van der Waals surface area contributed by atoms with Crippen molar-refractivity contribution in [2.45, 2.75) is 39.4 Å². The lowest BCUT2D eigenvalue weighted by Gasteiger charge is -2.35. The van der Waals surface area contributed by atoms with Gasteiger partial charge in [-0.25, -0.2) is 4.99 Å². The highest BCUT2D eigenvalue weighted by molar-refractivity contribution is 6.00. The topological polar surface area (TPSA) is 87.6 Å². The third-order valence-corrected chi connectivity index (χ3v) is 5.51. The van der Waals surface area contributed by atoms with Crippen molar-refractivity contribution < 1.29 is 4.52 Å². The first-order valence-electron chi connectivity index (χ1n) is 11.2. The maximum Gasteiger partial charge on any atom is 0.257 e. The fourth-order valence-electron chi connectivity index (χ4n) is 4.09. The number of rotatable bonds is 8. The second kappa shape index (κ2) is 8.86. The maximum atomic E-state index is 5.40. The molecule has 2 aliphatic rings. The largest absolute Gasteiger partial charge is 0.358 e. The van der Waals surface area contributed by atoms with Crippen LogP contribution in [0.25, 0.3) is 11.5 Å². The van der Waals surface area contributed by atoms with E-state index in [-0.39, 0.29) is 6.17 Å². The van der Waals surface area contributed by atoms with Crippen molar-refractivity contribution in [3.05, 3.63) is 66.0 Å². The Kier molecular flexibility index (Phi) is 5.62. The van der Waals surface area contributed by atoms with Crippen molar-refractivity contribution in [2.24, 2.45) is 4.99 Å². The zero-order valence-corrected chi connectivity index (χ0v) is 18.5. The molecule has 0 radical (unpaired) electrons. The molecule has 1 aromatic carbocycles. The number of benzene rings is 1. The molecule has 1 N–H and O–H groups in total. The van der Waals surface area contributed by atoms with Crippen molar-refractivity contribution in [1.82, 2.24) is 35.0 Å². The summed E-state index contributed by atoms with van der Waals surface area (Å²) in [6.07, 6.45) is 8.11. The average molecular weight is 433 g/mol. The Bertz CT molecular complexity index is 1120. The minimum Gasteiger partial charge on any atom is -0.358 e. The van der Waals surface area contributed by atoms with Gasteiger partial charge in [0.05, 0.1) is 18.6 Å². The number of hydrogen-bond donors (Lipinski definition) is 1. The first-order valence-corrected chi connectivity index (χ1v) is 11.2. The molecule has 2 aliphatic heterocycles. The van der Waals surface area contributed by atoms with Crippen LogP contribution in [-0.2, 0) is 6.54 Å². The van der Waals surface area contributed by atoms with Crippen LogP contribution in [0.4, 0.5) is 0 Å². The monoisotopic (exact) mass is 432 g/mol. The Morgan fingerprint density at radius 2 is 1.97 bits per heavy atom. The molecule has 3 aromatic rings. The summed E-state index contributed by atoms with van der Waals surface area (Å²) in [5.41, 5.74) is 3.00. The van der Waals surface area contributed by atoms with Crippen molar-refractivity contribution >= 4 is 5.84 Å². The minimum absolute atomic E-state index is 0.143. The Hall–Kier alpha value is -3.62. The summed E-state index contributed by atoms with van der Waals surface area (Å²) in [5.74, 6) is 2.15. The summed E-state index contributed by atoms with van der Waals surface area (Å²) < 4.78 is 7.22. The van der Waals surface area contributed by atoms with E-state index in [1.807, 2.05) is 47.4 Å². The van der Waals surface area contributed by atoms with Crippen LogP contribution in [0.1, 0.15) is 44.2 Å². The molecule has 1 atom stereocenters. The van der Waals surface area contributed by atoms with E-state index in [9.17, 15) is 0 Å². The fourth-order valence-corrected chi connectivity index (χ4v) is 4.09. The first-order chi connectivity index (χ1) is 15.7. The van der Waals surface area contributed by atoms with Gasteiger partial charge in [0.2, 0.25) is 0 Å². The molecule has 0 spiro atoms. The Balaban J connectivity index is 1.30. The molecule has 32 heavy (non-hydrogen) atoms. The van der Waals surface area contributed by atoms with Gasteiger partial charge < -0.3 is 19.6 Å². The Labute approximate surface area is 187 Å². The third-order valence-electron chi connectivity index (χ3n) is 5.51. The van der Waals surface area contributed by atoms with Crippen molar-refractivity contribution in [3.8, 4) is 11.5 Å². The van der Waals surface area contributed by atoms with Gasteiger partial charge in [0, 0.05) is 36.6 Å². The van der Waals surface area contributed by atoms with E-state index in [0.717, 1.165) is 55.3 Å². The summed E-state index contributed by atoms with van der Waals surface area (Å²) in [7, 11) is 0. The highest BCUT2D eigenvalue weighted by Crippen LogP contribution is 2.27. The lowest BCUT2D eigenvalue weighted by atomic mass is 10.2. The summed E-state index contributed by atoms with van der Waals surface area (Å²) in [6.45, 7) is 7.77. The molecule has 1 unspecified atom stereocenters. The molecule has 9 nitrogen and oxygen atoms in total. The lowest BCUT2D eigenvalue weighted by Crippen LogP contribution is -2.45. The van der Waals surface area contributed by atoms with Crippen molar-refractivity contribution in [2.75, 3.05) is 19.8 Å². The zero-order valence-electron chi connectivity index (χ0n) is 18.5. The minimum atomic E-state index is -0.143. The van der Waals surface area contributed by atoms with Crippen LogP contribution >= 0.6 is 0 Å². The maximum absolute atomic E-state index is 5.40. The normalized spacial score (nSPS) is 17.8. The van der Waals surface area contributed by atoms with Gasteiger partial charge in [0.25, 0.3) is 5.89 Å². The molecule has 5 rings (SSSR count). The molecule has 0 saturated heterocycles. The molecule has 0 fully saturated rings. The Morgan fingerprint density at radius 1 is 1.12 bits per heavy atom.